The minimum atomic E-state index is -1.29. The van der Waals surface area contributed by atoms with E-state index in [9.17, 15) is 38.4 Å². The molecule has 0 heterocycles. The molecule has 0 radical (unpaired) electrons. The largest absolute Gasteiger partial charge is 0.388 e. The van der Waals surface area contributed by atoms with Gasteiger partial charge < -0.3 is 102 Å². The number of thiol groups is 1. The average Bonchev–Trinajstić information content (AvgIpc) is 1.04. The molecule has 0 fully saturated rings. The lowest BCUT2D eigenvalue weighted by Crippen LogP contribution is -2.49. The van der Waals surface area contributed by atoms with E-state index < -0.39 is 108 Å². The van der Waals surface area contributed by atoms with Gasteiger partial charge in [-0.3, -0.25) is 74.1 Å². The summed E-state index contributed by atoms with van der Waals surface area (Å²) in [6.07, 6.45) is 6.46. The van der Waals surface area contributed by atoms with Crippen LogP contribution in [0.1, 0.15) is 174 Å². The van der Waals surface area contributed by atoms with Crippen LogP contribution in [0.25, 0.3) is 0 Å². The van der Waals surface area contributed by atoms with Crippen molar-refractivity contribution in [3.63, 3.8) is 0 Å². The van der Waals surface area contributed by atoms with Gasteiger partial charge in [-0.15, -0.1) is 0 Å². The van der Waals surface area contributed by atoms with E-state index in [1.54, 1.807) is 0 Å². The van der Waals surface area contributed by atoms with E-state index in [1.165, 1.54) is 0 Å². The van der Waals surface area contributed by atoms with Crippen molar-refractivity contribution in [1.29, 1.82) is 10.8 Å². The van der Waals surface area contributed by atoms with E-state index in [0.29, 0.717) is 77.3 Å². The molecule has 33 nitrogen and oxygen atoms in total. The number of nitrogens with two attached hydrogens (primary N) is 14. The molecular weight excluding hydrogens is 1210 g/mol. The Hall–Kier alpha value is -8.04. The fraction of sp³-hybridized carbons (Fsp3) is 0.741. The maximum absolute atomic E-state index is 14.9. The number of hydrogen-bond acceptors (Lipinski definition) is 17. The van der Waals surface area contributed by atoms with Crippen LogP contribution in [0.3, 0.4) is 0 Å². The zero-order valence-electron chi connectivity index (χ0n) is 54.1. The summed E-state index contributed by atoms with van der Waals surface area (Å²) in [6, 6.07) is -4.69. The molecule has 0 aliphatic carbocycles. The molecule has 0 rings (SSSR count). The van der Waals surface area contributed by atoms with Crippen molar-refractivity contribution in [2.75, 3.05) is 45.0 Å². The van der Waals surface area contributed by atoms with Crippen molar-refractivity contribution < 1.29 is 38.4 Å². The van der Waals surface area contributed by atoms with Gasteiger partial charge in [0.15, 0.2) is 47.1 Å². The Morgan fingerprint density at radius 1 is 0.359 bits per heavy atom. The van der Waals surface area contributed by atoms with Gasteiger partial charge in [0.2, 0.25) is 29.5 Å². The number of aliphatic imine (C=N–C) groups is 5. The topological polar surface area (TPSA) is 658 Å². The number of carbonyl (C=O) groups is 8. The van der Waals surface area contributed by atoms with Crippen LogP contribution in [0.4, 0.5) is 0 Å². The van der Waals surface area contributed by atoms with Crippen LogP contribution in [0.5, 0.6) is 0 Å². The molecular formula is C58H113N25O8S. The maximum Gasteiger partial charge on any atom is 0.239 e. The van der Waals surface area contributed by atoms with Gasteiger partial charge >= 0.3 is 0 Å². The highest BCUT2D eigenvalue weighted by Crippen LogP contribution is 2.25. The van der Waals surface area contributed by atoms with Gasteiger partial charge in [-0.2, -0.15) is 12.6 Å². The summed E-state index contributed by atoms with van der Waals surface area (Å²) in [5, 5.41) is 26.8. The zero-order valence-corrected chi connectivity index (χ0v) is 55.0. The zero-order chi connectivity index (χ0) is 69.6. The lowest BCUT2D eigenvalue weighted by molar-refractivity contribution is -0.136. The van der Waals surface area contributed by atoms with Crippen molar-refractivity contribution in [3.05, 3.63) is 0 Å². The molecule has 0 saturated heterocycles. The van der Waals surface area contributed by atoms with E-state index >= 15 is 0 Å². The highest BCUT2D eigenvalue weighted by Gasteiger charge is 2.35. The number of nitrogens with one attached hydrogen (secondary N) is 6. The van der Waals surface area contributed by atoms with Gasteiger partial charge in [-0.05, 0) is 134 Å². The number of hydrogen-bond donors (Lipinski definition) is 21. The van der Waals surface area contributed by atoms with Crippen molar-refractivity contribution in [2.45, 2.75) is 198 Å². The molecule has 9 atom stereocenters. The number of unbranched alkanes of at least 4 members (excludes halogenated alkanes) is 3. The van der Waals surface area contributed by atoms with E-state index in [2.05, 4.69) is 65.8 Å². The highest BCUT2D eigenvalue weighted by molar-refractivity contribution is 7.80. The molecule has 0 aromatic carbocycles. The summed E-state index contributed by atoms with van der Waals surface area (Å²) < 4.78 is 0. The predicted molar refractivity (Wildman–Crippen MR) is 365 cm³/mol. The molecule has 0 saturated carbocycles. The fourth-order valence-corrected chi connectivity index (χ4v) is 10.4. The molecule has 0 spiro atoms. The SMILES string of the molecule is C[C@H](CCCN=C(N)N)CC[C@H](CCCCC(=N)N)C(=O)N[C@H](CCCN=C(N)N)C(=O)C[C@H](CCCCC(=N)N)C(=O)N[C@H](CCCN=C(N)N)C(=O)C[C@H](CCCN=C(N)N)C(=O)N[C@H](CCCN=C(N)N)C(=O)C[C@H](CS)C(=O)N[C@H](CCCCN)C(N)=O. The Balaban J connectivity index is 7.45. The molecule has 5 amide bonds. The molecule has 0 aromatic heterocycles. The number of ketones is 3. The quantitative estimate of drug-likeness (QED) is 0.0129. The highest BCUT2D eigenvalue weighted by atomic mass is 32.1. The Kier molecular flexibility index (Phi) is 45.3. The molecule has 34 N–H and O–H groups in total. The molecule has 0 aromatic rings. The lowest BCUT2D eigenvalue weighted by atomic mass is 9.88. The van der Waals surface area contributed by atoms with E-state index in [1.807, 2.05) is 0 Å². The van der Waals surface area contributed by atoms with Crippen molar-refractivity contribution in [3.8, 4) is 0 Å². The second-order valence-electron chi connectivity index (χ2n) is 23.4. The van der Waals surface area contributed by atoms with Crippen LogP contribution >= 0.6 is 12.6 Å². The van der Waals surface area contributed by atoms with Gasteiger partial charge in [0, 0.05) is 88.3 Å². The fourth-order valence-electron chi connectivity index (χ4n) is 10.1. The number of nitrogens with zero attached hydrogens (tertiary/aromatic N) is 5. The third-order valence-electron chi connectivity index (χ3n) is 15.3. The third kappa shape index (κ3) is 42.1. The Bertz CT molecular complexity index is 2440. The van der Waals surface area contributed by atoms with Crippen LogP contribution in [0.2, 0.25) is 0 Å². The molecule has 92 heavy (non-hydrogen) atoms. The standard InChI is InChI=1S/C58H113N25O8S/c1-35(13-8-26-75-54(65)66)23-24-36(14-2-4-21-47(60)61)50(88)80-40(18-10-28-77-56(69)70)44(84)31-37(15-3-5-22-48(62)63)51(89)81-41(19-11-29-78-57(71)72)45(85)32-38(16-9-27-76-55(67)68)52(90)82-42(20-12-30-79-58(73)74)46(86)33-39(34-92)53(91)83-43(49(64)87)17-6-7-25-59/h35-43,92H,2-34,59H2,1H3,(H3,60,61)(H3,62,63)(H2,64,87)(H,80,88)(H,81,89)(H,82,90)(H,83,91)(H4,65,66,75)(H4,67,68,76)(H4,69,70,77)(H4,71,72,78)(H4,73,74,79)/t35-,36+,37+,38+,39-,40-,41-,42-,43-/m1/s1. The van der Waals surface area contributed by atoms with Gasteiger partial charge in [-0.25, -0.2) is 0 Å². The van der Waals surface area contributed by atoms with Gasteiger partial charge in [-0.1, -0.05) is 19.8 Å². The van der Waals surface area contributed by atoms with Crippen LogP contribution in [0.15, 0.2) is 25.0 Å². The lowest BCUT2D eigenvalue weighted by Gasteiger charge is -2.27. The molecule has 524 valence electrons. The third-order valence-corrected chi connectivity index (χ3v) is 15.7. The van der Waals surface area contributed by atoms with Gasteiger partial charge in [0.25, 0.3) is 0 Å². The summed E-state index contributed by atoms with van der Waals surface area (Å²) in [4.78, 5) is 134. The monoisotopic (exact) mass is 1320 g/mol. The minimum Gasteiger partial charge on any atom is -0.388 e. The van der Waals surface area contributed by atoms with E-state index in [4.69, 9.17) is 91.1 Å². The predicted octanol–water partition coefficient (Wildman–Crippen LogP) is -2.51. The van der Waals surface area contributed by atoms with Crippen LogP contribution < -0.4 is 102 Å². The van der Waals surface area contributed by atoms with Crippen molar-refractivity contribution in [2.24, 2.45) is 135 Å². The number of amides is 5. The molecule has 0 aliphatic rings. The second kappa shape index (κ2) is 49.6. The van der Waals surface area contributed by atoms with Crippen molar-refractivity contribution >= 4 is 101 Å². The summed E-state index contributed by atoms with van der Waals surface area (Å²) in [5.74, 6) is -9.55. The number of rotatable bonds is 56. The summed E-state index contributed by atoms with van der Waals surface area (Å²) in [7, 11) is 0. The van der Waals surface area contributed by atoms with E-state index in [0.717, 1.165) is 12.8 Å². The average molecular weight is 1320 g/mol. The van der Waals surface area contributed by atoms with E-state index in [-0.39, 0.29) is 156 Å². The first kappa shape index (κ1) is 84.0. The van der Waals surface area contributed by atoms with Gasteiger partial charge in [0.1, 0.15) is 6.04 Å². The Labute approximate surface area is 547 Å². The normalized spacial score (nSPS) is 13.9. The Morgan fingerprint density at radius 2 is 0.652 bits per heavy atom. The molecule has 34 heteroatoms. The number of guanidine groups is 5. The Morgan fingerprint density at radius 3 is 1.00 bits per heavy atom. The summed E-state index contributed by atoms with van der Waals surface area (Å²) in [5.41, 5.74) is 78.4. The number of primary amides is 1. The molecule has 0 unspecified atom stereocenters. The first-order valence-corrected chi connectivity index (χ1v) is 32.5. The first-order valence-electron chi connectivity index (χ1n) is 31.8. The van der Waals surface area contributed by atoms with Crippen molar-refractivity contribution in [1.82, 2.24) is 21.3 Å². The number of Topliss-reactive ketones (excluding diaryl/α,β-unsaturated/α-hetero) is 3. The smallest absolute Gasteiger partial charge is 0.239 e. The maximum atomic E-state index is 14.9. The number of amidine groups is 2. The first-order chi connectivity index (χ1) is 43.5. The van der Waals surface area contributed by atoms with Crippen LogP contribution in [-0.4, -0.2) is 158 Å². The number of carbonyl (C=O) groups excluding carboxylic acids is 8. The van der Waals surface area contributed by atoms with Crippen LogP contribution in [0, 0.1) is 40.4 Å². The summed E-state index contributed by atoms with van der Waals surface area (Å²) >= 11 is 4.33. The van der Waals surface area contributed by atoms with Crippen LogP contribution in [-0.2, 0) is 38.4 Å². The van der Waals surface area contributed by atoms with Gasteiger partial charge in [0.05, 0.1) is 35.7 Å². The molecule has 0 aliphatic heterocycles. The minimum absolute atomic E-state index is 0.000820. The second-order valence-corrected chi connectivity index (χ2v) is 23.7. The molecule has 0 bridgehead atoms. The summed E-state index contributed by atoms with van der Waals surface area (Å²) in [6.45, 7) is 3.17.